The van der Waals surface area contributed by atoms with E-state index >= 15 is 0 Å². The van der Waals surface area contributed by atoms with Gasteiger partial charge in [0.05, 0.1) is 6.04 Å². The first-order chi connectivity index (χ1) is 13.3. The zero-order valence-corrected chi connectivity index (χ0v) is 16.7. The Kier molecular flexibility index (Phi) is 7.22. The number of amides is 1. The molecule has 9 heteroatoms. The van der Waals surface area contributed by atoms with Crippen LogP contribution in [0.25, 0.3) is 0 Å². The summed E-state index contributed by atoms with van der Waals surface area (Å²) in [5.41, 5.74) is 0.386. The molecular weight excluding hydrogens is 368 g/mol. The van der Waals surface area contributed by atoms with Crippen LogP contribution in [0.15, 0.2) is 18.2 Å². The minimum atomic E-state index is -0.788. The number of benzene rings is 1. The molecule has 0 fully saturated rings. The second-order valence-corrected chi connectivity index (χ2v) is 6.72. The summed E-state index contributed by atoms with van der Waals surface area (Å²) in [6.45, 7) is 4.89. The van der Waals surface area contributed by atoms with E-state index < -0.39 is 30.9 Å². The lowest BCUT2D eigenvalue weighted by molar-refractivity contribution is -0.156. The zero-order valence-electron chi connectivity index (χ0n) is 16.7. The van der Waals surface area contributed by atoms with Gasteiger partial charge < -0.3 is 29.2 Å². The van der Waals surface area contributed by atoms with Crippen molar-refractivity contribution in [3.05, 3.63) is 23.8 Å². The van der Waals surface area contributed by atoms with Gasteiger partial charge in [-0.1, -0.05) is 13.8 Å². The van der Waals surface area contributed by atoms with Gasteiger partial charge in [-0.25, -0.2) is 4.79 Å². The summed E-state index contributed by atoms with van der Waals surface area (Å²) in [4.78, 5) is 37.9. The Morgan fingerprint density at radius 1 is 1.14 bits per heavy atom. The Hall–Kier alpha value is -2.81. The summed E-state index contributed by atoms with van der Waals surface area (Å²) in [5.74, 6) is 0.275. The van der Waals surface area contributed by atoms with Crippen molar-refractivity contribution < 1.29 is 33.3 Å². The van der Waals surface area contributed by atoms with Gasteiger partial charge in [-0.15, -0.1) is 0 Å². The van der Waals surface area contributed by atoms with Gasteiger partial charge in [0.1, 0.15) is 6.04 Å². The van der Waals surface area contributed by atoms with E-state index in [1.807, 2.05) is 13.8 Å². The van der Waals surface area contributed by atoms with Crippen LogP contribution in [0.1, 0.15) is 31.1 Å². The second-order valence-electron chi connectivity index (χ2n) is 6.72. The van der Waals surface area contributed by atoms with Gasteiger partial charge in [-0.05, 0) is 38.1 Å². The number of ketones is 1. The first-order valence-electron chi connectivity index (χ1n) is 8.93. The van der Waals surface area contributed by atoms with Gasteiger partial charge in [-0.3, -0.25) is 9.59 Å². The third-order valence-corrected chi connectivity index (χ3v) is 4.52. The molecule has 0 radical (unpaired) electrons. The number of esters is 1. The second kappa shape index (κ2) is 9.41. The molecule has 1 heterocycles. The molecule has 1 aliphatic heterocycles. The number of nitrogens with one attached hydrogen (secondary N) is 1. The topological polar surface area (TPSA) is 103 Å². The fourth-order valence-electron chi connectivity index (χ4n) is 2.68. The van der Waals surface area contributed by atoms with Gasteiger partial charge in [0.15, 0.2) is 17.3 Å². The summed E-state index contributed by atoms with van der Waals surface area (Å²) in [5, 5.41) is 2.84. The van der Waals surface area contributed by atoms with Crippen molar-refractivity contribution in [1.82, 2.24) is 10.2 Å². The predicted molar refractivity (Wildman–Crippen MR) is 99.2 cm³/mol. The number of Topliss-reactive ketones (excluding diaryl/α,β-unsaturated/α-hetero) is 1. The van der Waals surface area contributed by atoms with Crippen molar-refractivity contribution in [2.24, 2.45) is 5.92 Å². The van der Waals surface area contributed by atoms with E-state index in [4.69, 9.17) is 18.9 Å². The van der Waals surface area contributed by atoms with E-state index in [9.17, 15) is 14.4 Å². The van der Waals surface area contributed by atoms with E-state index in [1.165, 1.54) is 7.05 Å². The van der Waals surface area contributed by atoms with Crippen LogP contribution < -0.4 is 14.8 Å². The highest BCUT2D eigenvalue weighted by Crippen LogP contribution is 2.33. The monoisotopic (exact) mass is 394 g/mol. The molecule has 0 saturated carbocycles. The number of likely N-dealkylation sites (N-methyl/N-ethyl adjacent to an activating group) is 2. The lowest BCUT2D eigenvalue weighted by atomic mass is 10.0. The molecule has 2 atom stereocenters. The summed E-state index contributed by atoms with van der Waals surface area (Å²) < 4.78 is 20.4. The highest BCUT2D eigenvalue weighted by atomic mass is 16.7. The maximum absolute atomic E-state index is 12.6. The summed E-state index contributed by atoms with van der Waals surface area (Å²) >= 11 is 0. The number of carbonyl (C=O) groups is 3. The Morgan fingerprint density at radius 2 is 1.82 bits per heavy atom. The van der Waals surface area contributed by atoms with E-state index in [0.29, 0.717) is 17.1 Å². The highest BCUT2D eigenvalue weighted by Gasteiger charge is 2.27. The number of hydrogen-bond acceptors (Lipinski definition) is 8. The first kappa shape index (κ1) is 21.5. The quantitative estimate of drug-likeness (QED) is 0.404. The van der Waals surface area contributed by atoms with Crippen LogP contribution >= 0.6 is 0 Å². The molecule has 1 N–H and O–H groups in total. The average Bonchev–Trinajstić information content (AvgIpc) is 3.14. The molecule has 1 aromatic rings. The predicted octanol–water partition coefficient (Wildman–Crippen LogP) is 1.80. The summed E-state index contributed by atoms with van der Waals surface area (Å²) in [7, 11) is 3.08. The molecule has 2 rings (SSSR count). The Bertz CT molecular complexity index is 735. The Labute approximate surface area is 163 Å². The number of nitrogens with zero attached hydrogens (tertiary/aromatic N) is 1. The maximum atomic E-state index is 12.6. The molecule has 0 bridgehead atoms. The molecular formula is C19H26N2O7. The standard InChI is InChI=1S/C19H26N2O7/c1-11(2)16(20-4)18(23)27-10-28-19(24)21(5)12(3)17(22)13-6-7-14-15(8-13)26-9-25-14/h6-8,11-12,16,20H,9-10H2,1-5H3/t12?,16-/m0/s1. The summed E-state index contributed by atoms with van der Waals surface area (Å²) in [6.07, 6.45) is -0.778. The molecule has 1 amide bonds. The van der Waals surface area contributed by atoms with Crippen LogP contribution in [0, 0.1) is 5.92 Å². The molecule has 0 aromatic heterocycles. The lowest BCUT2D eigenvalue weighted by Crippen LogP contribution is -2.42. The van der Waals surface area contributed by atoms with Crippen LogP contribution in [0.5, 0.6) is 11.5 Å². The molecule has 28 heavy (non-hydrogen) atoms. The SMILES string of the molecule is CN[C@H](C(=O)OCOC(=O)N(C)C(C)C(=O)c1ccc2c(c1)OCO2)C(C)C. The van der Waals surface area contributed by atoms with E-state index in [2.05, 4.69) is 5.32 Å². The minimum Gasteiger partial charge on any atom is -0.454 e. The number of ether oxygens (including phenoxy) is 4. The Balaban J connectivity index is 1.88. The van der Waals surface area contributed by atoms with Crippen LogP contribution in [-0.2, 0) is 14.3 Å². The lowest BCUT2D eigenvalue weighted by Gasteiger charge is -2.23. The maximum Gasteiger partial charge on any atom is 0.413 e. The third kappa shape index (κ3) is 4.92. The van der Waals surface area contributed by atoms with E-state index in [-0.39, 0.29) is 18.5 Å². The number of hydrogen-bond donors (Lipinski definition) is 1. The molecule has 9 nitrogen and oxygen atoms in total. The van der Waals surface area contributed by atoms with Gasteiger partial charge in [0.25, 0.3) is 0 Å². The largest absolute Gasteiger partial charge is 0.454 e. The van der Waals surface area contributed by atoms with Crippen LogP contribution in [0.3, 0.4) is 0 Å². The molecule has 1 aromatic carbocycles. The van der Waals surface area contributed by atoms with Crippen LogP contribution in [0.4, 0.5) is 4.79 Å². The zero-order chi connectivity index (χ0) is 20.8. The van der Waals surface area contributed by atoms with Gasteiger partial charge in [-0.2, -0.15) is 0 Å². The third-order valence-electron chi connectivity index (χ3n) is 4.52. The van der Waals surface area contributed by atoms with Crippen molar-refractivity contribution in [3.63, 3.8) is 0 Å². The number of carbonyl (C=O) groups excluding carboxylic acids is 3. The normalized spacial score (nSPS) is 14.4. The van der Waals surface area contributed by atoms with Gasteiger partial charge in [0, 0.05) is 12.6 Å². The minimum absolute atomic E-state index is 0.0234. The van der Waals surface area contributed by atoms with E-state index in [0.717, 1.165) is 4.90 Å². The van der Waals surface area contributed by atoms with Crippen molar-refractivity contribution in [2.45, 2.75) is 32.9 Å². The Morgan fingerprint density at radius 3 is 2.46 bits per heavy atom. The van der Waals surface area contributed by atoms with Crippen LogP contribution in [-0.4, -0.2) is 62.5 Å². The first-order valence-corrected chi connectivity index (χ1v) is 8.93. The van der Waals surface area contributed by atoms with Gasteiger partial charge >= 0.3 is 12.1 Å². The number of fused-ring (bicyclic) bond motifs is 1. The molecule has 0 spiro atoms. The molecule has 1 aliphatic rings. The molecule has 0 saturated heterocycles. The fourth-order valence-corrected chi connectivity index (χ4v) is 2.68. The molecule has 1 unspecified atom stereocenters. The van der Waals surface area contributed by atoms with Crippen molar-refractivity contribution in [3.8, 4) is 11.5 Å². The molecule has 154 valence electrons. The van der Waals surface area contributed by atoms with Crippen molar-refractivity contribution in [2.75, 3.05) is 27.7 Å². The van der Waals surface area contributed by atoms with Crippen LogP contribution in [0.2, 0.25) is 0 Å². The number of rotatable bonds is 8. The highest BCUT2D eigenvalue weighted by molar-refractivity contribution is 6.01. The average molecular weight is 394 g/mol. The fraction of sp³-hybridized carbons (Fsp3) is 0.526. The smallest absolute Gasteiger partial charge is 0.413 e. The molecule has 0 aliphatic carbocycles. The summed E-state index contributed by atoms with van der Waals surface area (Å²) in [6, 6.07) is 3.54. The van der Waals surface area contributed by atoms with Crippen molar-refractivity contribution in [1.29, 1.82) is 0 Å². The van der Waals surface area contributed by atoms with Gasteiger partial charge in [0.2, 0.25) is 13.6 Å². The van der Waals surface area contributed by atoms with E-state index in [1.54, 1.807) is 32.2 Å². The van der Waals surface area contributed by atoms with Crippen molar-refractivity contribution >= 4 is 17.8 Å².